The standard InChI is InChI=1S/C14H19N3/c1-2-7-17-13-8-14(17)10-16(9-13)12-5-3-11(15)4-6-12/h2-6,13-14H,1,7-10,15H2. The lowest BCUT2D eigenvalue weighted by Crippen LogP contribution is -2.68. The molecule has 0 saturated carbocycles. The van der Waals surface area contributed by atoms with Crippen LogP contribution in [0.15, 0.2) is 36.9 Å². The molecule has 3 nitrogen and oxygen atoms in total. The normalized spacial score (nSPS) is 27.6. The minimum atomic E-state index is 0.712. The molecule has 0 spiro atoms. The Morgan fingerprint density at radius 2 is 1.88 bits per heavy atom. The Labute approximate surface area is 103 Å². The van der Waals surface area contributed by atoms with Crippen molar-refractivity contribution >= 4 is 11.4 Å². The van der Waals surface area contributed by atoms with Crippen molar-refractivity contribution in [1.29, 1.82) is 0 Å². The molecule has 3 aliphatic rings. The molecule has 2 unspecified atom stereocenters. The van der Waals surface area contributed by atoms with Crippen molar-refractivity contribution in [2.24, 2.45) is 0 Å². The summed E-state index contributed by atoms with van der Waals surface area (Å²) in [6.45, 7) is 7.13. The van der Waals surface area contributed by atoms with Crippen LogP contribution in [0.5, 0.6) is 0 Å². The van der Waals surface area contributed by atoms with E-state index in [4.69, 9.17) is 5.73 Å². The van der Waals surface area contributed by atoms with E-state index in [1.807, 2.05) is 18.2 Å². The summed E-state index contributed by atoms with van der Waals surface area (Å²) >= 11 is 0. The van der Waals surface area contributed by atoms with Crippen molar-refractivity contribution in [2.45, 2.75) is 18.5 Å². The van der Waals surface area contributed by atoms with Gasteiger partial charge in [0, 0.05) is 43.1 Å². The molecule has 0 aromatic heterocycles. The van der Waals surface area contributed by atoms with Crippen LogP contribution in [-0.2, 0) is 0 Å². The van der Waals surface area contributed by atoms with Crippen molar-refractivity contribution in [1.82, 2.24) is 4.90 Å². The van der Waals surface area contributed by atoms with Gasteiger partial charge in [-0.3, -0.25) is 4.90 Å². The number of nitrogens with two attached hydrogens (primary N) is 1. The van der Waals surface area contributed by atoms with Gasteiger partial charge in [0.15, 0.2) is 0 Å². The molecule has 3 fully saturated rings. The minimum absolute atomic E-state index is 0.712. The van der Waals surface area contributed by atoms with Gasteiger partial charge in [0.25, 0.3) is 0 Å². The van der Waals surface area contributed by atoms with Gasteiger partial charge in [-0.05, 0) is 30.7 Å². The Balaban J connectivity index is 1.69. The number of fused-ring (bicyclic) bond motifs is 2. The zero-order valence-electron chi connectivity index (χ0n) is 10.0. The van der Waals surface area contributed by atoms with Gasteiger partial charge in [-0.25, -0.2) is 0 Å². The Bertz CT molecular complexity index is 400. The van der Waals surface area contributed by atoms with E-state index in [0.717, 1.165) is 25.3 Å². The third-order valence-electron chi connectivity index (χ3n) is 3.94. The summed E-state index contributed by atoms with van der Waals surface area (Å²) in [6.07, 6.45) is 3.36. The van der Waals surface area contributed by atoms with Crippen molar-refractivity contribution < 1.29 is 0 Å². The minimum Gasteiger partial charge on any atom is -0.399 e. The molecule has 0 aliphatic carbocycles. The van der Waals surface area contributed by atoms with Gasteiger partial charge in [0.1, 0.15) is 0 Å². The summed E-state index contributed by atoms with van der Waals surface area (Å²) in [5.41, 5.74) is 7.85. The predicted octanol–water partition coefficient (Wildman–Crippen LogP) is 1.72. The van der Waals surface area contributed by atoms with Gasteiger partial charge in [-0.2, -0.15) is 0 Å². The summed E-state index contributed by atoms with van der Waals surface area (Å²) in [4.78, 5) is 5.03. The predicted molar refractivity (Wildman–Crippen MR) is 72.2 cm³/mol. The highest BCUT2D eigenvalue weighted by molar-refractivity contribution is 5.54. The second kappa shape index (κ2) is 4.08. The third-order valence-corrected chi connectivity index (χ3v) is 3.94. The summed E-state index contributed by atoms with van der Waals surface area (Å²) < 4.78 is 0. The first-order chi connectivity index (χ1) is 8.28. The summed E-state index contributed by atoms with van der Waals surface area (Å²) in [6, 6.07) is 9.64. The van der Waals surface area contributed by atoms with Crippen LogP contribution in [0.4, 0.5) is 11.4 Å². The molecule has 0 amide bonds. The van der Waals surface area contributed by atoms with E-state index in [2.05, 4.69) is 28.5 Å². The number of nitrogen functional groups attached to an aromatic ring is 1. The summed E-state index contributed by atoms with van der Waals surface area (Å²) in [5, 5.41) is 0. The van der Waals surface area contributed by atoms with Gasteiger partial charge in [0.2, 0.25) is 0 Å². The van der Waals surface area contributed by atoms with Gasteiger partial charge in [-0.1, -0.05) is 6.08 Å². The number of piperidine rings is 1. The third kappa shape index (κ3) is 1.80. The molecule has 17 heavy (non-hydrogen) atoms. The van der Waals surface area contributed by atoms with Crippen LogP contribution >= 0.6 is 0 Å². The smallest absolute Gasteiger partial charge is 0.0368 e. The molecule has 1 aromatic carbocycles. The zero-order chi connectivity index (χ0) is 11.8. The first-order valence-corrected chi connectivity index (χ1v) is 6.25. The maximum Gasteiger partial charge on any atom is 0.0368 e. The van der Waals surface area contributed by atoms with Gasteiger partial charge < -0.3 is 10.6 Å². The van der Waals surface area contributed by atoms with Crippen LogP contribution in [0.1, 0.15) is 6.42 Å². The molecular weight excluding hydrogens is 210 g/mol. The number of anilines is 2. The molecule has 1 aromatic rings. The second-order valence-corrected chi connectivity index (χ2v) is 5.03. The van der Waals surface area contributed by atoms with Crippen molar-refractivity contribution in [2.75, 3.05) is 30.3 Å². The van der Waals surface area contributed by atoms with Crippen LogP contribution in [0.2, 0.25) is 0 Å². The fraction of sp³-hybridized carbons (Fsp3) is 0.429. The maximum atomic E-state index is 5.72. The molecule has 2 atom stereocenters. The highest BCUT2D eigenvalue weighted by atomic mass is 15.4. The Morgan fingerprint density at radius 3 is 2.47 bits per heavy atom. The SMILES string of the molecule is C=CCN1C2CC1CN(c1ccc(N)cc1)C2. The molecule has 90 valence electrons. The molecule has 3 heteroatoms. The average molecular weight is 229 g/mol. The number of rotatable bonds is 3. The van der Waals surface area contributed by atoms with E-state index in [9.17, 15) is 0 Å². The monoisotopic (exact) mass is 229 g/mol. The Morgan fingerprint density at radius 1 is 1.24 bits per heavy atom. The molecule has 2 N–H and O–H groups in total. The summed E-state index contributed by atoms with van der Waals surface area (Å²) in [5.74, 6) is 0. The van der Waals surface area contributed by atoms with Crippen LogP contribution in [0.25, 0.3) is 0 Å². The zero-order valence-corrected chi connectivity index (χ0v) is 10.0. The second-order valence-electron chi connectivity index (χ2n) is 5.03. The fourth-order valence-electron chi connectivity index (χ4n) is 3.03. The molecule has 3 aliphatic heterocycles. The molecule has 4 rings (SSSR count). The van der Waals surface area contributed by atoms with E-state index >= 15 is 0 Å². The van der Waals surface area contributed by atoms with Crippen LogP contribution in [0.3, 0.4) is 0 Å². The number of piperazine rings is 1. The Kier molecular flexibility index (Phi) is 2.56. The van der Waals surface area contributed by atoms with E-state index in [1.54, 1.807) is 0 Å². The van der Waals surface area contributed by atoms with E-state index < -0.39 is 0 Å². The molecule has 0 radical (unpaired) electrons. The maximum absolute atomic E-state index is 5.72. The van der Waals surface area contributed by atoms with Crippen LogP contribution < -0.4 is 10.6 Å². The van der Waals surface area contributed by atoms with Crippen molar-refractivity contribution in [3.05, 3.63) is 36.9 Å². The Hall–Kier alpha value is -1.48. The quantitative estimate of drug-likeness (QED) is 0.632. The van der Waals surface area contributed by atoms with Crippen molar-refractivity contribution in [3.63, 3.8) is 0 Å². The lowest BCUT2D eigenvalue weighted by molar-refractivity contribution is 0.0109. The van der Waals surface area contributed by atoms with Gasteiger partial charge >= 0.3 is 0 Å². The van der Waals surface area contributed by atoms with Gasteiger partial charge in [-0.15, -0.1) is 6.58 Å². The van der Waals surface area contributed by atoms with E-state index in [0.29, 0.717) is 12.1 Å². The molecular formula is C14H19N3. The number of benzene rings is 1. The fourth-order valence-corrected chi connectivity index (χ4v) is 3.03. The van der Waals surface area contributed by atoms with Gasteiger partial charge in [0.05, 0.1) is 0 Å². The number of hydrogen-bond acceptors (Lipinski definition) is 3. The number of nitrogens with zero attached hydrogens (tertiary/aromatic N) is 2. The van der Waals surface area contributed by atoms with Crippen LogP contribution in [-0.4, -0.2) is 36.6 Å². The van der Waals surface area contributed by atoms with Crippen molar-refractivity contribution in [3.8, 4) is 0 Å². The molecule has 2 bridgehead atoms. The molecule has 3 saturated heterocycles. The highest BCUT2D eigenvalue weighted by Gasteiger charge is 2.43. The highest BCUT2D eigenvalue weighted by Crippen LogP contribution is 2.34. The average Bonchev–Trinajstić information content (AvgIpc) is 2.37. The first-order valence-electron chi connectivity index (χ1n) is 6.25. The molecule has 3 heterocycles. The topological polar surface area (TPSA) is 32.5 Å². The summed E-state index contributed by atoms with van der Waals surface area (Å²) in [7, 11) is 0. The lowest BCUT2D eigenvalue weighted by Gasteiger charge is -2.56. The van der Waals surface area contributed by atoms with Crippen LogP contribution in [0, 0.1) is 0 Å². The number of hydrogen-bond donors (Lipinski definition) is 1. The lowest BCUT2D eigenvalue weighted by atomic mass is 9.87. The largest absolute Gasteiger partial charge is 0.399 e. The van der Waals surface area contributed by atoms with E-state index in [1.165, 1.54) is 12.1 Å². The first kappa shape index (κ1) is 10.7. The van der Waals surface area contributed by atoms with E-state index in [-0.39, 0.29) is 0 Å².